The minimum atomic E-state index is -1.02. The number of hydrogen-bond acceptors (Lipinski definition) is 5. The van der Waals surface area contributed by atoms with Crippen molar-refractivity contribution in [2.75, 3.05) is 0 Å². The maximum Gasteiger partial charge on any atom is 0.337 e. The Morgan fingerprint density at radius 3 is 2.67 bits per heavy atom. The summed E-state index contributed by atoms with van der Waals surface area (Å²) in [6, 6.07) is 8.96. The highest BCUT2D eigenvalue weighted by molar-refractivity contribution is 7.98. The van der Waals surface area contributed by atoms with Gasteiger partial charge >= 0.3 is 5.97 Å². The molecular formula is C16H15N5O2S. The summed E-state index contributed by atoms with van der Waals surface area (Å²) in [5, 5.41) is 16.4. The molecule has 7 nitrogen and oxygen atoms in total. The van der Waals surface area contributed by atoms with Crippen LogP contribution in [0.5, 0.6) is 0 Å². The van der Waals surface area contributed by atoms with E-state index in [9.17, 15) is 4.79 Å². The molecule has 122 valence electrons. The van der Waals surface area contributed by atoms with Crippen molar-refractivity contribution in [3.05, 3.63) is 53.5 Å². The smallest absolute Gasteiger partial charge is 0.337 e. The van der Waals surface area contributed by atoms with Crippen molar-refractivity contribution in [2.24, 2.45) is 12.8 Å². The second-order valence-corrected chi connectivity index (χ2v) is 6.23. The number of hydrogen-bond donors (Lipinski definition) is 3. The van der Waals surface area contributed by atoms with Gasteiger partial charge in [0, 0.05) is 23.7 Å². The molecular weight excluding hydrogens is 326 g/mol. The lowest BCUT2D eigenvalue weighted by Crippen LogP contribution is -2.10. The Bertz CT molecular complexity index is 934. The molecule has 0 radical (unpaired) electrons. The van der Waals surface area contributed by atoms with Crippen LogP contribution in [0.2, 0.25) is 0 Å². The number of nitrogens with two attached hydrogens (primary N) is 1. The summed E-state index contributed by atoms with van der Waals surface area (Å²) in [6.07, 6.45) is 1.34. The van der Waals surface area contributed by atoms with Crippen LogP contribution in [0, 0.1) is 5.41 Å². The monoisotopic (exact) mass is 341 g/mol. The number of thioether (sulfide) groups is 1. The standard InChI is InChI=1S/C16H15N5O2S/c1-21-13(8-24-11-4-2-9(3-5-11)14(17)18)20-12-6-10(16(22)23)7-19-15(12)21/h2-7H,8H2,1H3,(H3,17,18)(H,22,23). The number of rotatable bonds is 5. The molecule has 0 aliphatic carbocycles. The summed E-state index contributed by atoms with van der Waals surface area (Å²) in [6.45, 7) is 0. The lowest BCUT2D eigenvalue weighted by molar-refractivity contribution is 0.0696. The third-order valence-electron chi connectivity index (χ3n) is 3.58. The van der Waals surface area contributed by atoms with Crippen LogP contribution in [0.4, 0.5) is 0 Å². The number of imidazole rings is 1. The van der Waals surface area contributed by atoms with Crippen LogP contribution in [0.1, 0.15) is 21.7 Å². The minimum Gasteiger partial charge on any atom is -0.478 e. The first kappa shape index (κ1) is 16.0. The van der Waals surface area contributed by atoms with Crippen LogP contribution in [0.3, 0.4) is 0 Å². The molecule has 0 amide bonds. The fourth-order valence-corrected chi connectivity index (χ4v) is 3.13. The van der Waals surface area contributed by atoms with E-state index in [0.29, 0.717) is 22.5 Å². The molecule has 0 unspecified atom stereocenters. The van der Waals surface area contributed by atoms with Crippen molar-refractivity contribution in [2.45, 2.75) is 10.6 Å². The molecule has 24 heavy (non-hydrogen) atoms. The summed E-state index contributed by atoms with van der Waals surface area (Å²) >= 11 is 1.60. The molecule has 4 N–H and O–H groups in total. The average molecular weight is 341 g/mol. The van der Waals surface area contributed by atoms with E-state index in [0.717, 1.165) is 10.7 Å². The SMILES string of the molecule is Cn1c(CSc2ccc(C(=N)N)cc2)nc2cc(C(=O)O)cnc21. The van der Waals surface area contributed by atoms with Gasteiger partial charge in [0.1, 0.15) is 17.2 Å². The molecule has 0 spiro atoms. The van der Waals surface area contributed by atoms with Gasteiger partial charge in [-0.3, -0.25) is 5.41 Å². The zero-order chi connectivity index (χ0) is 17.3. The Balaban J connectivity index is 1.81. The first-order valence-corrected chi connectivity index (χ1v) is 8.06. The Morgan fingerprint density at radius 2 is 2.04 bits per heavy atom. The van der Waals surface area contributed by atoms with Gasteiger partial charge in [0.25, 0.3) is 0 Å². The zero-order valence-corrected chi connectivity index (χ0v) is 13.7. The van der Waals surface area contributed by atoms with Gasteiger partial charge < -0.3 is 15.4 Å². The molecule has 0 aliphatic heterocycles. The maximum absolute atomic E-state index is 11.0. The van der Waals surface area contributed by atoms with Crippen LogP contribution in [0.15, 0.2) is 41.4 Å². The molecule has 0 bridgehead atoms. The molecule has 2 heterocycles. The summed E-state index contributed by atoms with van der Waals surface area (Å²) in [5.41, 5.74) is 7.48. The van der Waals surface area contributed by atoms with Crippen molar-refractivity contribution in [1.29, 1.82) is 5.41 Å². The number of fused-ring (bicyclic) bond motifs is 1. The Morgan fingerprint density at radius 1 is 1.33 bits per heavy atom. The van der Waals surface area contributed by atoms with Gasteiger partial charge in [-0.2, -0.15) is 0 Å². The highest BCUT2D eigenvalue weighted by Crippen LogP contribution is 2.24. The second-order valence-electron chi connectivity index (χ2n) is 5.19. The molecule has 3 rings (SSSR count). The first-order valence-electron chi connectivity index (χ1n) is 7.07. The summed E-state index contributed by atoms with van der Waals surface area (Å²) in [7, 11) is 1.86. The van der Waals surface area contributed by atoms with Gasteiger partial charge in [-0.1, -0.05) is 12.1 Å². The third kappa shape index (κ3) is 3.09. The van der Waals surface area contributed by atoms with Gasteiger partial charge in [-0.25, -0.2) is 14.8 Å². The number of aryl methyl sites for hydroxylation is 1. The summed E-state index contributed by atoms with van der Waals surface area (Å²) in [5.74, 6) is 0.453. The molecule has 0 aliphatic rings. The number of carboxylic acid groups (broad SMARTS) is 1. The van der Waals surface area contributed by atoms with Crippen LogP contribution in [0.25, 0.3) is 11.2 Å². The number of nitrogens with zero attached hydrogens (tertiary/aromatic N) is 3. The Hall–Kier alpha value is -2.87. The second kappa shape index (κ2) is 6.32. The highest BCUT2D eigenvalue weighted by atomic mass is 32.2. The predicted octanol–water partition coefficient (Wildman–Crippen LogP) is 2.24. The molecule has 0 fully saturated rings. The van der Waals surface area contributed by atoms with E-state index < -0.39 is 5.97 Å². The van der Waals surface area contributed by atoms with Crippen LogP contribution in [-0.2, 0) is 12.8 Å². The Labute approximate surface area is 142 Å². The molecule has 0 saturated carbocycles. The zero-order valence-electron chi connectivity index (χ0n) is 12.9. The van der Waals surface area contributed by atoms with E-state index in [1.54, 1.807) is 23.9 Å². The number of nitrogens with one attached hydrogen (secondary N) is 1. The topological polar surface area (TPSA) is 118 Å². The highest BCUT2D eigenvalue weighted by Gasteiger charge is 2.12. The van der Waals surface area contributed by atoms with E-state index in [2.05, 4.69) is 9.97 Å². The third-order valence-corrected chi connectivity index (χ3v) is 4.59. The van der Waals surface area contributed by atoms with Crippen LogP contribution >= 0.6 is 11.8 Å². The number of nitrogen functional groups attached to an aromatic ring is 1. The van der Waals surface area contributed by atoms with E-state index in [1.807, 2.05) is 23.7 Å². The number of carboxylic acids is 1. The fourth-order valence-electron chi connectivity index (χ4n) is 2.25. The number of benzene rings is 1. The van der Waals surface area contributed by atoms with Crippen molar-refractivity contribution in [3.63, 3.8) is 0 Å². The van der Waals surface area contributed by atoms with Crippen LogP contribution < -0.4 is 5.73 Å². The molecule has 2 aromatic heterocycles. The van der Waals surface area contributed by atoms with Crippen molar-refractivity contribution in [3.8, 4) is 0 Å². The normalized spacial score (nSPS) is 10.9. The van der Waals surface area contributed by atoms with E-state index in [-0.39, 0.29) is 11.4 Å². The molecule has 3 aromatic rings. The Kier molecular flexibility index (Phi) is 4.22. The van der Waals surface area contributed by atoms with Gasteiger partial charge in [-0.15, -0.1) is 11.8 Å². The number of pyridine rings is 1. The van der Waals surface area contributed by atoms with E-state index in [1.165, 1.54) is 12.3 Å². The molecule has 8 heteroatoms. The molecule has 0 saturated heterocycles. The van der Waals surface area contributed by atoms with Crippen molar-refractivity contribution in [1.82, 2.24) is 14.5 Å². The number of carbonyl (C=O) groups is 1. The quantitative estimate of drug-likeness (QED) is 0.372. The maximum atomic E-state index is 11.0. The molecule has 1 aromatic carbocycles. The van der Waals surface area contributed by atoms with Gasteiger partial charge in [0.2, 0.25) is 0 Å². The van der Waals surface area contributed by atoms with Gasteiger partial charge in [0.15, 0.2) is 5.65 Å². The van der Waals surface area contributed by atoms with Gasteiger partial charge in [-0.05, 0) is 18.2 Å². The first-order chi connectivity index (χ1) is 11.5. The number of aromatic nitrogens is 3. The van der Waals surface area contributed by atoms with Gasteiger partial charge in [0.05, 0.1) is 11.3 Å². The largest absolute Gasteiger partial charge is 0.478 e. The van der Waals surface area contributed by atoms with Crippen molar-refractivity contribution < 1.29 is 9.90 Å². The molecule has 0 atom stereocenters. The summed E-state index contributed by atoms with van der Waals surface area (Å²) in [4.78, 5) is 20.7. The summed E-state index contributed by atoms with van der Waals surface area (Å²) < 4.78 is 1.86. The lowest BCUT2D eigenvalue weighted by atomic mass is 10.2. The van der Waals surface area contributed by atoms with E-state index >= 15 is 0 Å². The number of amidine groups is 1. The average Bonchev–Trinajstić information content (AvgIpc) is 2.89. The predicted molar refractivity (Wildman–Crippen MR) is 92.5 cm³/mol. The fraction of sp³-hybridized carbons (Fsp3) is 0.125. The van der Waals surface area contributed by atoms with E-state index in [4.69, 9.17) is 16.2 Å². The van der Waals surface area contributed by atoms with Crippen LogP contribution in [-0.4, -0.2) is 31.4 Å². The van der Waals surface area contributed by atoms with Crippen molar-refractivity contribution >= 4 is 34.7 Å². The minimum absolute atomic E-state index is 0.0437. The lowest BCUT2D eigenvalue weighted by Gasteiger charge is -2.04. The number of aromatic carboxylic acids is 1.